The standard InChI is InChI=1S/C18H15NO3S/c1-12-7-8-15(22-11-13-5-3-2-4-6-13)14(9-12)10-16-17(20)19-18(21)23-16/h2-10H,11H2,1H3,(H,19,20,21)/b16-10-. The summed E-state index contributed by atoms with van der Waals surface area (Å²) in [5, 5.41) is 1.91. The van der Waals surface area contributed by atoms with Gasteiger partial charge in [-0.2, -0.15) is 0 Å². The summed E-state index contributed by atoms with van der Waals surface area (Å²) >= 11 is 0.904. The first-order chi connectivity index (χ1) is 11.1. The Morgan fingerprint density at radius 2 is 1.91 bits per heavy atom. The van der Waals surface area contributed by atoms with E-state index in [9.17, 15) is 9.59 Å². The Kier molecular flexibility index (Phi) is 4.48. The molecule has 0 aromatic heterocycles. The minimum atomic E-state index is -0.365. The normalized spacial score (nSPS) is 15.8. The monoisotopic (exact) mass is 325 g/mol. The molecule has 0 saturated carbocycles. The fourth-order valence-electron chi connectivity index (χ4n) is 2.21. The number of imide groups is 1. The second-order valence-electron chi connectivity index (χ2n) is 5.17. The van der Waals surface area contributed by atoms with Crippen molar-refractivity contribution in [1.82, 2.24) is 5.32 Å². The van der Waals surface area contributed by atoms with Gasteiger partial charge in [0.25, 0.3) is 11.1 Å². The maximum Gasteiger partial charge on any atom is 0.290 e. The van der Waals surface area contributed by atoms with Crippen LogP contribution in [0.2, 0.25) is 0 Å². The molecule has 0 spiro atoms. The van der Waals surface area contributed by atoms with Crippen LogP contribution in [0, 0.1) is 6.92 Å². The van der Waals surface area contributed by atoms with E-state index in [1.165, 1.54) is 0 Å². The van der Waals surface area contributed by atoms with Crippen molar-refractivity contribution in [2.75, 3.05) is 0 Å². The van der Waals surface area contributed by atoms with Gasteiger partial charge in [0.1, 0.15) is 12.4 Å². The average molecular weight is 325 g/mol. The Hall–Kier alpha value is -2.53. The number of ether oxygens (including phenoxy) is 1. The van der Waals surface area contributed by atoms with Crippen molar-refractivity contribution in [3.05, 3.63) is 70.1 Å². The van der Waals surface area contributed by atoms with E-state index in [1.54, 1.807) is 6.08 Å². The van der Waals surface area contributed by atoms with Gasteiger partial charge in [0.05, 0.1) is 4.91 Å². The SMILES string of the molecule is Cc1ccc(OCc2ccccc2)c(/C=C2\SC(=O)NC2=O)c1. The van der Waals surface area contributed by atoms with Crippen molar-refractivity contribution in [2.24, 2.45) is 0 Å². The van der Waals surface area contributed by atoms with E-state index in [0.717, 1.165) is 28.5 Å². The molecule has 4 nitrogen and oxygen atoms in total. The number of thioether (sulfide) groups is 1. The van der Waals surface area contributed by atoms with Crippen LogP contribution >= 0.6 is 11.8 Å². The third-order valence-electron chi connectivity index (χ3n) is 3.33. The Morgan fingerprint density at radius 3 is 2.61 bits per heavy atom. The van der Waals surface area contributed by atoms with Crippen LogP contribution < -0.4 is 10.1 Å². The summed E-state index contributed by atoms with van der Waals surface area (Å²) in [6.07, 6.45) is 1.69. The molecule has 1 heterocycles. The molecule has 1 aliphatic heterocycles. The lowest BCUT2D eigenvalue weighted by molar-refractivity contribution is -0.115. The van der Waals surface area contributed by atoms with Gasteiger partial charge >= 0.3 is 0 Å². The van der Waals surface area contributed by atoms with E-state index < -0.39 is 0 Å². The van der Waals surface area contributed by atoms with Gasteiger partial charge in [-0.15, -0.1) is 0 Å². The van der Waals surface area contributed by atoms with Crippen molar-refractivity contribution in [3.63, 3.8) is 0 Å². The molecule has 2 aromatic carbocycles. The summed E-state index contributed by atoms with van der Waals surface area (Å²) in [6, 6.07) is 15.6. The molecule has 2 aromatic rings. The fraction of sp³-hybridized carbons (Fsp3) is 0.111. The van der Waals surface area contributed by atoms with E-state index in [4.69, 9.17) is 4.74 Å². The largest absolute Gasteiger partial charge is 0.488 e. The maximum absolute atomic E-state index is 11.7. The van der Waals surface area contributed by atoms with Gasteiger partial charge in [-0.05, 0) is 42.5 Å². The van der Waals surface area contributed by atoms with E-state index in [2.05, 4.69) is 5.32 Å². The number of benzene rings is 2. The smallest absolute Gasteiger partial charge is 0.290 e. The number of hydrogen-bond acceptors (Lipinski definition) is 4. The topological polar surface area (TPSA) is 55.4 Å². The molecule has 1 fully saturated rings. The molecule has 23 heavy (non-hydrogen) atoms. The predicted molar refractivity (Wildman–Crippen MR) is 91.1 cm³/mol. The molecule has 1 N–H and O–H groups in total. The van der Waals surface area contributed by atoms with Gasteiger partial charge in [0, 0.05) is 5.56 Å². The van der Waals surface area contributed by atoms with Gasteiger partial charge < -0.3 is 4.74 Å². The Balaban J connectivity index is 1.85. The van der Waals surface area contributed by atoms with Gasteiger partial charge in [0.2, 0.25) is 0 Å². The number of aryl methyl sites for hydroxylation is 1. The highest BCUT2D eigenvalue weighted by Crippen LogP contribution is 2.30. The average Bonchev–Trinajstić information content (AvgIpc) is 2.85. The highest BCUT2D eigenvalue weighted by molar-refractivity contribution is 8.18. The minimum absolute atomic E-state index is 0.347. The maximum atomic E-state index is 11.7. The lowest BCUT2D eigenvalue weighted by Gasteiger charge is -2.10. The van der Waals surface area contributed by atoms with Gasteiger partial charge in [0.15, 0.2) is 0 Å². The summed E-state index contributed by atoms with van der Waals surface area (Å²) in [5.41, 5.74) is 2.90. The zero-order chi connectivity index (χ0) is 16.2. The highest BCUT2D eigenvalue weighted by Gasteiger charge is 2.25. The van der Waals surface area contributed by atoms with Crippen molar-refractivity contribution >= 4 is 29.0 Å². The number of hydrogen-bond donors (Lipinski definition) is 1. The van der Waals surface area contributed by atoms with E-state index in [-0.39, 0.29) is 11.1 Å². The van der Waals surface area contributed by atoms with Crippen molar-refractivity contribution in [2.45, 2.75) is 13.5 Å². The molecule has 0 unspecified atom stereocenters. The quantitative estimate of drug-likeness (QED) is 0.866. The third-order valence-corrected chi connectivity index (χ3v) is 4.14. The summed E-state index contributed by atoms with van der Waals surface area (Å²) < 4.78 is 5.88. The van der Waals surface area contributed by atoms with E-state index in [1.807, 2.05) is 55.5 Å². The minimum Gasteiger partial charge on any atom is -0.488 e. The number of carbonyl (C=O) groups is 2. The molecule has 5 heteroatoms. The van der Waals surface area contributed by atoms with Crippen LogP contribution in [-0.2, 0) is 11.4 Å². The number of nitrogens with one attached hydrogen (secondary N) is 1. The van der Waals surface area contributed by atoms with Crippen molar-refractivity contribution in [3.8, 4) is 5.75 Å². The number of amides is 2. The highest BCUT2D eigenvalue weighted by atomic mass is 32.2. The molecule has 1 saturated heterocycles. The van der Waals surface area contributed by atoms with Crippen LogP contribution in [0.25, 0.3) is 6.08 Å². The summed E-state index contributed by atoms with van der Waals surface area (Å²) in [5.74, 6) is 0.315. The molecular weight excluding hydrogens is 310 g/mol. The van der Waals surface area contributed by atoms with Crippen LogP contribution in [0.4, 0.5) is 4.79 Å². The van der Waals surface area contributed by atoms with E-state index >= 15 is 0 Å². The van der Waals surface area contributed by atoms with Gasteiger partial charge in [-0.25, -0.2) is 0 Å². The van der Waals surface area contributed by atoms with Crippen LogP contribution in [0.15, 0.2) is 53.4 Å². The van der Waals surface area contributed by atoms with Crippen LogP contribution in [-0.4, -0.2) is 11.1 Å². The summed E-state index contributed by atoms with van der Waals surface area (Å²) in [7, 11) is 0. The first-order valence-electron chi connectivity index (χ1n) is 7.14. The van der Waals surface area contributed by atoms with Crippen molar-refractivity contribution in [1.29, 1.82) is 0 Å². The first-order valence-corrected chi connectivity index (χ1v) is 7.96. The van der Waals surface area contributed by atoms with Crippen LogP contribution in [0.3, 0.4) is 0 Å². The molecule has 0 atom stereocenters. The first kappa shape index (κ1) is 15.4. The molecule has 0 bridgehead atoms. The van der Waals surface area contributed by atoms with E-state index in [0.29, 0.717) is 17.3 Å². The lowest BCUT2D eigenvalue weighted by atomic mass is 10.1. The molecular formula is C18H15NO3S. The van der Waals surface area contributed by atoms with Crippen LogP contribution in [0.1, 0.15) is 16.7 Å². The summed E-state index contributed by atoms with van der Waals surface area (Å²) in [6.45, 7) is 2.41. The second kappa shape index (κ2) is 6.71. The van der Waals surface area contributed by atoms with Gasteiger partial charge in [-0.1, -0.05) is 42.0 Å². The molecule has 116 valence electrons. The molecule has 2 amide bonds. The fourth-order valence-corrected chi connectivity index (χ4v) is 2.88. The van der Waals surface area contributed by atoms with Crippen molar-refractivity contribution < 1.29 is 14.3 Å². The van der Waals surface area contributed by atoms with Gasteiger partial charge in [-0.3, -0.25) is 14.9 Å². The number of rotatable bonds is 4. The Bertz CT molecular complexity index is 784. The Labute approximate surface area is 138 Å². The predicted octanol–water partition coefficient (Wildman–Crippen LogP) is 3.90. The molecule has 0 aliphatic carbocycles. The zero-order valence-corrected chi connectivity index (χ0v) is 13.4. The molecule has 0 radical (unpaired) electrons. The third kappa shape index (κ3) is 3.81. The number of carbonyl (C=O) groups excluding carboxylic acids is 2. The second-order valence-corrected chi connectivity index (χ2v) is 6.18. The molecule has 1 aliphatic rings. The zero-order valence-electron chi connectivity index (χ0n) is 12.5. The summed E-state index contributed by atoms with van der Waals surface area (Å²) in [4.78, 5) is 23.4. The van der Waals surface area contributed by atoms with Crippen LogP contribution in [0.5, 0.6) is 5.75 Å². The lowest BCUT2D eigenvalue weighted by Crippen LogP contribution is -2.17. The molecule has 3 rings (SSSR count). The Morgan fingerprint density at radius 1 is 1.13 bits per heavy atom.